The van der Waals surface area contributed by atoms with Crippen LogP contribution >= 0.6 is 0 Å². The van der Waals surface area contributed by atoms with Crippen molar-refractivity contribution in [3.8, 4) is 0 Å². The minimum absolute atomic E-state index is 0.0101. The molecule has 1 saturated heterocycles. The van der Waals surface area contributed by atoms with Crippen LogP contribution in [0.1, 0.15) is 37.4 Å². The van der Waals surface area contributed by atoms with Crippen molar-refractivity contribution in [2.75, 3.05) is 0 Å². The number of hydrogen-bond acceptors (Lipinski definition) is 2. The SMILES string of the molecule is CC1(C)Cc2c(ccc3ccccc23)[C@@H]2C[C@H](O)C(=O)N21. The lowest BCUT2D eigenvalue weighted by molar-refractivity contribution is -0.140. The molecule has 2 aliphatic rings. The highest BCUT2D eigenvalue weighted by molar-refractivity contribution is 5.90. The summed E-state index contributed by atoms with van der Waals surface area (Å²) < 4.78 is 0. The summed E-state index contributed by atoms with van der Waals surface area (Å²) in [7, 11) is 0. The highest BCUT2D eigenvalue weighted by Crippen LogP contribution is 2.47. The lowest BCUT2D eigenvalue weighted by Crippen LogP contribution is -2.51. The maximum atomic E-state index is 12.3. The van der Waals surface area contributed by atoms with Crippen molar-refractivity contribution < 1.29 is 9.90 Å². The van der Waals surface area contributed by atoms with E-state index in [0.29, 0.717) is 6.42 Å². The van der Waals surface area contributed by atoms with Gasteiger partial charge in [-0.25, -0.2) is 0 Å². The normalized spacial score (nSPS) is 26.8. The number of fused-ring (bicyclic) bond motifs is 5. The number of benzene rings is 2. The molecule has 0 saturated carbocycles. The molecule has 0 bridgehead atoms. The fourth-order valence-corrected chi connectivity index (χ4v) is 4.10. The summed E-state index contributed by atoms with van der Waals surface area (Å²) >= 11 is 0. The smallest absolute Gasteiger partial charge is 0.252 e. The number of hydrogen-bond donors (Lipinski definition) is 1. The van der Waals surface area contributed by atoms with Crippen LogP contribution in [-0.4, -0.2) is 27.6 Å². The van der Waals surface area contributed by atoms with E-state index in [1.165, 1.54) is 21.9 Å². The molecule has 2 aliphatic heterocycles. The quantitative estimate of drug-likeness (QED) is 0.806. The first kappa shape index (κ1) is 12.8. The predicted molar refractivity (Wildman–Crippen MR) is 81.9 cm³/mol. The van der Waals surface area contributed by atoms with Crippen molar-refractivity contribution in [1.82, 2.24) is 4.90 Å². The molecule has 1 fully saturated rings. The van der Waals surface area contributed by atoms with Gasteiger partial charge in [-0.3, -0.25) is 4.79 Å². The third kappa shape index (κ3) is 1.67. The van der Waals surface area contributed by atoms with E-state index in [-0.39, 0.29) is 17.5 Å². The second-order valence-electron chi connectivity index (χ2n) is 6.82. The van der Waals surface area contributed by atoms with Gasteiger partial charge in [0.05, 0.1) is 6.04 Å². The fourth-order valence-electron chi connectivity index (χ4n) is 4.10. The second-order valence-corrected chi connectivity index (χ2v) is 6.82. The van der Waals surface area contributed by atoms with Crippen LogP contribution in [-0.2, 0) is 11.2 Å². The van der Waals surface area contributed by atoms with Gasteiger partial charge in [0.1, 0.15) is 6.10 Å². The van der Waals surface area contributed by atoms with E-state index in [9.17, 15) is 9.90 Å². The Morgan fingerprint density at radius 3 is 2.76 bits per heavy atom. The minimum atomic E-state index is -0.855. The van der Waals surface area contributed by atoms with Gasteiger partial charge in [0, 0.05) is 12.0 Å². The largest absolute Gasteiger partial charge is 0.383 e. The molecule has 2 heterocycles. The number of carbonyl (C=O) groups is 1. The van der Waals surface area contributed by atoms with Gasteiger partial charge in [0.25, 0.3) is 5.91 Å². The second kappa shape index (κ2) is 4.08. The molecule has 108 valence electrons. The summed E-state index contributed by atoms with van der Waals surface area (Å²) in [6, 6.07) is 12.7. The fraction of sp³-hybridized carbons (Fsp3) is 0.389. The molecule has 2 aromatic carbocycles. The lowest BCUT2D eigenvalue weighted by Gasteiger charge is -2.45. The van der Waals surface area contributed by atoms with E-state index in [1.54, 1.807) is 0 Å². The predicted octanol–water partition coefficient (Wildman–Crippen LogP) is 2.81. The molecule has 0 aromatic heterocycles. The van der Waals surface area contributed by atoms with Gasteiger partial charge in [0.2, 0.25) is 0 Å². The Balaban J connectivity index is 1.98. The van der Waals surface area contributed by atoms with Crippen LogP contribution < -0.4 is 0 Å². The molecule has 0 aliphatic carbocycles. The number of aliphatic hydroxyl groups is 1. The summed E-state index contributed by atoms with van der Waals surface area (Å²) in [4.78, 5) is 14.2. The lowest BCUT2D eigenvalue weighted by atomic mass is 9.80. The van der Waals surface area contributed by atoms with Crippen LogP contribution in [0, 0.1) is 0 Å². The summed E-state index contributed by atoms with van der Waals surface area (Å²) in [5, 5.41) is 12.5. The molecular weight excluding hydrogens is 262 g/mol. The Bertz CT molecular complexity index is 750. The van der Waals surface area contributed by atoms with Gasteiger partial charge in [-0.2, -0.15) is 0 Å². The maximum absolute atomic E-state index is 12.3. The molecule has 4 rings (SSSR count). The summed E-state index contributed by atoms with van der Waals surface area (Å²) in [6.07, 6.45) is 0.485. The van der Waals surface area contributed by atoms with Crippen molar-refractivity contribution in [1.29, 1.82) is 0 Å². The van der Waals surface area contributed by atoms with Crippen LogP contribution in [0.15, 0.2) is 36.4 Å². The van der Waals surface area contributed by atoms with Crippen LogP contribution in [0.4, 0.5) is 0 Å². The molecule has 1 N–H and O–H groups in total. The highest BCUT2D eigenvalue weighted by Gasteiger charge is 2.49. The first-order chi connectivity index (χ1) is 9.99. The van der Waals surface area contributed by atoms with E-state index in [2.05, 4.69) is 50.2 Å². The molecule has 0 unspecified atom stereocenters. The van der Waals surface area contributed by atoms with Crippen molar-refractivity contribution >= 4 is 16.7 Å². The standard InChI is InChI=1S/C18H19NO2/c1-18(2)10-14-12-6-4-3-5-11(12)7-8-13(14)15-9-16(20)17(21)19(15)18/h3-8,15-16,20H,9-10H2,1-2H3/t15-,16-/m0/s1. The molecule has 0 radical (unpaired) electrons. The highest BCUT2D eigenvalue weighted by atomic mass is 16.3. The van der Waals surface area contributed by atoms with Crippen molar-refractivity contribution in [2.45, 2.75) is 44.4 Å². The van der Waals surface area contributed by atoms with E-state index in [0.717, 1.165) is 6.42 Å². The van der Waals surface area contributed by atoms with Crippen LogP contribution in [0.3, 0.4) is 0 Å². The van der Waals surface area contributed by atoms with Crippen molar-refractivity contribution in [3.63, 3.8) is 0 Å². The van der Waals surface area contributed by atoms with Gasteiger partial charge in [-0.1, -0.05) is 36.4 Å². The zero-order valence-electron chi connectivity index (χ0n) is 12.3. The zero-order chi connectivity index (χ0) is 14.8. The first-order valence-corrected chi connectivity index (χ1v) is 7.51. The van der Waals surface area contributed by atoms with Gasteiger partial charge in [-0.05, 0) is 42.2 Å². The van der Waals surface area contributed by atoms with Gasteiger partial charge < -0.3 is 10.0 Å². The van der Waals surface area contributed by atoms with Crippen LogP contribution in [0.2, 0.25) is 0 Å². The maximum Gasteiger partial charge on any atom is 0.252 e. The molecule has 2 atom stereocenters. The third-order valence-corrected chi connectivity index (χ3v) is 4.98. The molecule has 3 nitrogen and oxygen atoms in total. The molecular formula is C18H19NO2. The van der Waals surface area contributed by atoms with Gasteiger partial charge >= 0.3 is 0 Å². The number of aliphatic hydroxyl groups excluding tert-OH is 1. The van der Waals surface area contributed by atoms with Crippen molar-refractivity contribution in [3.05, 3.63) is 47.5 Å². The number of nitrogens with zero attached hydrogens (tertiary/aromatic N) is 1. The van der Waals surface area contributed by atoms with E-state index in [1.807, 2.05) is 4.90 Å². The van der Waals surface area contributed by atoms with Gasteiger partial charge in [0.15, 0.2) is 0 Å². The first-order valence-electron chi connectivity index (χ1n) is 7.51. The Labute approximate surface area is 124 Å². The number of rotatable bonds is 0. The monoisotopic (exact) mass is 281 g/mol. The molecule has 1 amide bonds. The average Bonchev–Trinajstić information content (AvgIpc) is 2.75. The Morgan fingerprint density at radius 2 is 1.95 bits per heavy atom. The number of amides is 1. The average molecular weight is 281 g/mol. The third-order valence-electron chi connectivity index (χ3n) is 4.98. The van der Waals surface area contributed by atoms with Gasteiger partial charge in [-0.15, -0.1) is 0 Å². The topological polar surface area (TPSA) is 40.5 Å². The van der Waals surface area contributed by atoms with Crippen LogP contribution in [0.5, 0.6) is 0 Å². The Kier molecular flexibility index (Phi) is 2.49. The molecule has 0 spiro atoms. The van der Waals surface area contributed by atoms with E-state index < -0.39 is 6.10 Å². The molecule has 3 heteroatoms. The van der Waals surface area contributed by atoms with E-state index in [4.69, 9.17) is 0 Å². The summed E-state index contributed by atoms with van der Waals surface area (Å²) in [5.74, 6) is -0.121. The molecule has 21 heavy (non-hydrogen) atoms. The molecule has 2 aromatic rings. The zero-order valence-corrected chi connectivity index (χ0v) is 12.3. The summed E-state index contributed by atoms with van der Waals surface area (Å²) in [6.45, 7) is 4.20. The number of carbonyl (C=O) groups excluding carboxylic acids is 1. The van der Waals surface area contributed by atoms with Crippen LogP contribution in [0.25, 0.3) is 10.8 Å². The van der Waals surface area contributed by atoms with E-state index >= 15 is 0 Å². The Hall–Kier alpha value is -1.87. The minimum Gasteiger partial charge on any atom is -0.383 e. The summed E-state index contributed by atoms with van der Waals surface area (Å²) in [5.41, 5.74) is 2.29. The van der Waals surface area contributed by atoms with Crippen molar-refractivity contribution in [2.24, 2.45) is 0 Å². The Morgan fingerprint density at radius 1 is 1.19 bits per heavy atom.